The molecule has 0 aromatic heterocycles. The first-order valence-electron chi connectivity index (χ1n) is 11.4. The molecule has 2 atom stereocenters. The lowest BCUT2D eigenvalue weighted by Crippen LogP contribution is -2.36. The molecular formula is C27H32N2O2. The molecule has 2 N–H and O–H groups in total. The zero-order valence-corrected chi connectivity index (χ0v) is 18.3. The van der Waals surface area contributed by atoms with Gasteiger partial charge in [-0.2, -0.15) is 0 Å². The maximum atomic E-state index is 12.5. The predicted molar refractivity (Wildman–Crippen MR) is 126 cm³/mol. The monoisotopic (exact) mass is 416 g/mol. The quantitative estimate of drug-likeness (QED) is 0.496. The van der Waals surface area contributed by atoms with Crippen LogP contribution in [0.3, 0.4) is 0 Å². The predicted octanol–water partition coefficient (Wildman–Crippen LogP) is 4.72. The van der Waals surface area contributed by atoms with Gasteiger partial charge in [-0.1, -0.05) is 61.5 Å². The number of carbonyl (C=O) groups is 1. The minimum atomic E-state index is -0.337. The lowest BCUT2D eigenvalue weighted by Gasteiger charge is -2.31. The van der Waals surface area contributed by atoms with E-state index in [4.69, 9.17) is 0 Å². The normalized spacial score (nSPS) is 17.8. The molecule has 0 radical (unpaired) electrons. The highest BCUT2D eigenvalue weighted by Crippen LogP contribution is 2.36. The molecule has 31 heavy (non-hydrogen) atoms. The minimum absolute atomic E-state index is 0.0173. The first-order chi connectivity index (χ1) is 15.2. The van der Waals surface area contributed by atoms with Gasteiger partial charge in [0.1, 0.15) is 0 Å². The molecular weight excluding hydrogens is 384 g/mol. The summed E-state index contributed by atoms with van der Waals surface area (Å²) in [7, 11) is 0. The fourth-order valence-electron chi connectivity index (χ4n) is 4.74. The minimum Gasteiger partial charge on any atom is -0.391 e. The molecule has 3 aromatic rings. The van der Waals surface area contributed by atoms with Crippen molar-refractivity contribution in [3.05, 3.63) is 83.4 Å². The SMILES string of the molecule is CCCN(CCCCNC(=O)c1ccc2ccccc2c1)C1c2ccccc2CC1O. The third kappa shape index (κ3) is 4.97. The number of unbranched alkanes of at least 4 members (excludes halogenated alkanes) is 1. The van der Waals surface area contributed by atoms with Crippen molar-refractivity contribution in [3.63, 3.8) is 0 Å². The second-order valence-corrected chi connectivity index (χ2v) is 8.48. The number of fused-ring (bicyclic) bond motifs is 2. The lowest BCUT2D eigenvalue weighted by molar-refractivity contribution is 0.0596. The van der Waals surface area contributed by atoms with Crippen molar-refractivity contribution in [3.8, 4) is 0 Å². The number of benzene rings is 3. The van der Waals surface area contributed by atoms with Crippen molar-refractivity contribution in [2.75, 3.05) is 19.6 Å². The van der Waals surface area contributed by atoms with Crippen molar-refractivity contribution < 1.29 is 9.90 Å². The maximum Gasteiger partial charge on any atom is 0.251 e. The number of aliphatic hydroxyl groups excluding tert-OH is 1. The Hall–Kier alpha value is -2.69. The van der Waals surface area contributed by atoms with E-state index in [2.05, 4.69) is 47.5 Å². The number of amides is 1. The van der Waals surface area contributed by atoms with Gasteiger partial charge in [0.15, 0.2) is 0 Å². The van der Waals surface area contributed by atoms with Crippen molar-refractivity contribution in [1.82, 2.24) is 10.2 Å². The van der Waals surface area contributed by atoms with E-state index < -0.39 is 0 Å². The van der Waals surface area contributed by atoms with Gasteiger partial charge in [-0.05, 0) is 66.4 Å². The van der Waals surface area contributed by atoms with Gasteiger partial charge in [0.05, 0.1) is 12.1 Å². The number of rotatable bonds is 9. The fraction of sp³-hybridized carbons (Fsp3) is 0.370. The number of nitrogens with one attached hydrogen (secondary N) is 1. The molecule has 0 saturated carbocycles. The summed E-state index contributed by atoms with van der Waals surface area (Å²) < 4.78 is 0. The van der Waals surface area contributed by atoms with Crippen LogP contribution in [0.5, 0.6) is 0 Å². The van der Waals surface area contributed by atoms with E-state index in [9.17, 15) is 9.90 Å². The molecule has 0 spiro atoms. The van der Waals surface area contributed by atoms with E-state index in [1.165, 1.54) is 11.1 Å². The second kappa shape index (κ2) is 10.1. The van der Waals surface area contributed by atoms with Crippen LogP contribution in [0.1, 0.15) is 53.7 Å². The molecule has 0 saturated heterocycles. The Morgan fingerprint density at radius 2 is 1.77 bits per heavy atom. The van der Waals surface area contributed by atoms with Crippen molar-refractivity contribution >= 4 is 16.7 Å². The van der Waals surface area contributed by atoms with E-state index in [-0.39, 0.29) is 18.1 Å². The van der Waals surface area contributed by atoms with Gasteiger partial charge in [-0.15, -0.1) is 0 Å². The van der Waals surface area contributed by atoms with Gasteiger partial charge in [-0.25, -0.2) is 0 Å². The smallest absolute Gasteiger partial charge is 0.251 e. The summed E-state index contributed by atoms with van der Waals surface area (Å²) in [5, 5.41) is 16.0. The Morgan fingerprint density at radius 3 is 2.61 bits per heavy atom. The lowest BCUT2D eigenvalue weighted by atomic mass is 10.1. The van der Waals surface area contributed by atoms with Gasteiger partial charge in [0, 0.05) is 18.5 Å². The van der Waals surface area contributed by atoms with Gasteiger partial charge >= 0.3 is 0 Å². The zero-order chi connectivity index (χ0) is 21.6. The molecule has 1 aliphatic rings. The number of hydrogen-bond donors (Lipinski definition) is 2. The fourth-order valence-corrected chi connectivity index (χ4v) is 4.74. The topological polar surface area (TPSA) is 52.6 Å². The number of carbonyl (C=O) groups excluding carboxylic acids is 1. The van der Waals surface area contributed by atoms with Crippen LogP contribution in [-0.2, 0) is 6.42 Å². The van der Waals surface area contributed by atoms with E-state index >= 15 is 0 Å². The standard InChI is InChI=1S/C27H32N2O2/c1-2-16-29(26-24-12-6-5-11-22(24)19-25(26)30)17-8-7-15-28-27(31)23-14-13-20-9-3-4-10-21(20)18-23/h3-6,9-14,18,25-26,30H,2,7-8,15-17,19H2,1H3,(H,28,31). The van der Waals surface area contributed by atoms with Crippen LogP contribution in [-0.4, -0.2) is 41.7 Å². The summed E-state index contributed by atoms with van der Waals surface area (Å²) in [6, 6.07) is 22.4. The molecule has 4 nitrogen and oxygen atoms in total. The summed E-state index contributed by atoms with van der Waals surface area (Å²) in [6.07, 6.45) is 3.37. The van der Waals surface area contributed by atoms with Crippen LogP contribution in [0.2, 0.25) is 0 Å². The van der Waals surface area contributed by atoms with E-state index in [1.54, 1.807) is 0 Å². The first-order valence-corrected chi connectivity index (χ1v) is 11.4. The Bertz CT molecular complexity index is 1030. The number of hydrogen-bond acceptors (Lipinski definition) is 3. The Kier molecular flexibility index (Phi) is 7.00. The Morgan fingerprint density at radius 1 is 1.00 bits per heavy atom. The molecule has 162 valence electrons. The Labute approximate surface area is 184 Å². The Balaban J connectivity index is 1.28. The number of aliphatic hydroxyl groups is 1. The number of nitrogens with zero attached hydrogens (tertiary/aromatic N) is 1. The van der Waals surface area contributed by atoms with E-state index in [0.29, 0.717) is 12.1 Å². The summed E-state index contributed by atoms with van der Waals surface area (Å²) in [6.45, 7) is 4.74. The summed E-state index contributed by atoms with van der Waals surface area (Å²) in [4.78, 5) is 14.9. The van der Waals surface area contributed by atoms with Gasteiger partial charge in [0.2, 0.25) is 0 Å². The third-order valence-corrected chi connectivity index (χ3v) is 6.24. The molecule has 0 heterocycles. The van der Waals surface area contributed by atoms with E-state index in [0.717, 1.165) is 49.5 Å². The largest absolute Gasteiger partial charge is 0.391 e. The van der Waals surface area contributed by atoms with Crippen LogP contribution in [0.4, 0.5) is 0 Å². The molecule has 4 heteroatoms. The van der Waals surface area contributed by atoms with Crippen molar-refractivity contribution in [1.29, 1.82) is 0 Å². The van der Waals surface area contributed by atoms with Crippen molar-refractivity contribution in [2.24, 2.45) is 0 Å². The molecule has 0 aliphatic heterocycles. The molecule has 1 aliphatic carbocycles. The molecule has 4 rings (SSSR count). The zero-order valence-electron chi connectivity index (χ0n) is 18.3. The molecule has 0 bridgehead atoms. The average Bonchev–Trinajstić information content (AvgIpc) is 3.13. The van der Waals surface area contributed by atoms with Gasteiger partial charge in [-0.3, -0.25) is 9.69 Å². The van der Waals surface area contributed by atoms with Crippen molar-refractivity contribution in [2.45, 2.75) is 44.8 Å². The first kappa shape index (κ1) is 21.5. The molecule has 3 aromatic carbocycles. The van der Waals surface area contributed by atoms with Crippen LogP contribution in [0.25, 0.3) is 10.8 Å². The van der Waals surface area contributed by atoms with Crippen LogP contribution < -0.4 is 5.32 Å². The van der Waals surface area contributed by atoms with Crippen LogP contribution in [0.15, 0.2) is 66.7 Å². The van der Waals surface area contributed by atoms with Gasteiger partial charge < -0.3 is 10.4 Å². The summed E-state index contributed by atoms with van der Waals surface area (Å²) in [5.74, 6) is -0.0173. The third-order valence-electron chi connectivity index (χ3n) is 6.24. The molecule has 0 fully saturated rings. The highest BCUT2D eigenvalue weighted by atomic mass is 16.3. The van der Waals surface area contributed by atoms with Crippen LogP contribution >= 0.6 is 0 Å². The average molecular weight is 417 g/mol. The van der Waals surface area contributed by atoms with Crippen LogP contribution in [0, 0.1) is 0 Å². The summed E-state index contributed by atoms with van der Waals surface area (Å²) >= 11 is 0. The van der Waals surface area contributed by atoms with Gasteiger partial charge in [0.25, 0.3) is 5.91 Å². The summed E-state index contributed by atoms with van der Waals surface area (Å²) in [5.41, 5.74) is 3.24. The molecule has 2 unspecified atom stereocenters. The highest BCUT2D eigenvalue weighted by molar-refractivity contribution is 5.98. The van der Waals surface area contributed by atoms with E-state index in [1.807, 2.05) is 36.4 Å². The maximum absolute atomic E-state index is 12.5. The highest BCUT2D eigenvalue weighted by Gasteiger charge is 2.34. The molecule has 1 amide bonds. The second-order valence-electron chi connectivity index (χ2n) is 8.48.